The van der Waals surface area contributed by atoms with E-state index in [4.69, 9.17) is 9.72 Å². The van der Waals surface area contributed by atoms with E-state index in [1.807, 2.05) is 30.5 Å². The Balaban J connectivity index is 1.67. The van der Waals surface area contributed by atoms with Gasteiger partial charge in [-0.25, -0.2) is 18.4 Å². The molecule has 1 fully saturated rings. The van der Waals surface area contributed by atoms with Gasteiger partial charge in [0.05, 0.1) is 24.7 Å². The van der Waals surface area contributed by atoms with E-state index in [1.54, 1.807) is 19.9 Å². The zero-order chi connectivity index (χ0) is 22.7. The highest BCUT2D eigenvalue weighted by Crippen LogP contribution is 2.25. The van der Waals surface area contributed by atoms with Crippen molar-refractivity contribution in [1.82, 2.24) is 20.3 Å². The third-order valence-electron chi connectivity index (χ3n) is 5.08. The number of nitrogens with one attached hydrogen (secondary N) is 2. The number of nitrogens with zero attached hydrogens (tertiary/aromatic N) is 3. The van der Waals surface area contributed by atoms with Gasteiger partial charge in [-0.2, -0.15) is 0 Å². The number of ether oxygens (including phenoxy) is 1. The molecule has 0 radical (unpaired) electrons. The van der Waals surface area contributed by atoms with E-state index < -0.39 is 21.5 Å². The molecule has 10 heteroatoms. The van der Waals surface area contributed by atoms with Gasteiger partial charge in [0.1, 0.15) is 11.6 Å². The molecule has 9 nitrogen and oxygen atoms in total. The molecule has 32 heavy (non-hydrogen) atoms. The Labute approximate surface area is 187 Å². The van der Waals surface area contributed by atoms with Crippen LogP contribution in [0.4, 0.5) is 5.82 Å². The van der Waals surface area contributed by atoms with E-state index in [0.717, 1.165) is 16.5 Å². The number of morpholine rings is 1. The number of amides is 1. The molecule has 1 aliphatic rings. The van der Waals surface area contributed by atoms with Crippen LogP contribution in [0.5, 0.6) is 0 Å². The van der Waals surface area contributed by atoms with Crippen molar-refractivity contribution in [3.8, 4) is 11.4 Å². The summed E-state index contributed by atoms with van der Waals surface area (Å²) in [4.78, 5) is 26.5. The number of hydrogen-bond acceptors (Lipinski definition) is 7. The lowest BCUT2D eigenvalue weighted by Crippen LogP contribution is -2.37. The molecule has 0 aliphatic carbocycles. The normalized spacial score (nSPS) is 14.8. The van der Waals surface area contributed by atoms with E-state index in [1.165, 1.54) is 0 Å². The smallest absolute Gasteiger partial charge is 0.235 e. The average molecular weight is 458 g/mol. The number of aromatic amines is 1. The summed E-state index contributed by atoms with van der Waals surface area (Å²) in [6.45, 7) is 6.07. The molecule has 1 aromatic carbocycles. The Morgan fingerprint density at radius 2 is 1.97 bits per heavy atom. The lowest BCUT2D eigenvalue weighted by atomic mass is 10.1. The van der Waals surface area contributed by atoms with Crippen LogP contribution in [0.2, 0.25) is 0 Å². The summed E-state index contributed by atoms with van der Waals surface area (Å²) in [7, 11) is -3.70. The molecule has 2 N–H and O–H groups in total. The van der Waals surface area contributed by atoms with E-state index >= 15 is 0 Å². The van der Waals surface area contributed by atoms with Crippen LogP contribution < -0.4 is 10.2 Å². The number of sulfone groups is 1. The molecule has 0 spiro atoms. The molecule has 0 atom stereocenters. The van der Waals surface area contributed by atoms with E-state index in [-0.39, 0.29) is 11.8 Å². The molecule has 4 rings (SSSR count). The second-order valence-electron chi connectivity index (χ2n) is 8.17. The van der Waals surface area contributed by atoms with Gasteiger partial charge >= 0.3 is 0 Å². The van der Waals surface area contributed by atoms with Crippen molar-refractivity contribution < 1.29 is 17.9 Å². The van der Waals surface area contributed by atoms with Crippen molar-refractivity contribution in [3.05, 3.63) is 42.2 Å². The molecule has 1 saturated heterocycles. The van der Waals surface area contributed by atoms with Crippen molar-refractivity contribution in [2.75, 3.05) is 37.0 Å². The predicted octanol–water partition coefficient (Wildman–Crippen LogP) is 1.90. The van der Waals surface area contributed by atoms with E-state index in [0.29, 0.717) is 43.6 Å². The largest absolute Gasteiger partial charge is 0.378 e. The lowest BCUT2D eigenvalue weighted by molar-refractivity contribution is -0.119. The molecule has 0 unspecified atom stereocenters. The number of fused-ring (bicyclic) bond motifs is 1. The maximum Gasteiger partial charge on any atom is 0.235 e. The summed E-state index contributed by atoms with van der Waals surface area (Å²) in [6.07, 6.45) is 1.86. The SMILES string of the molecule is CC(C)NC(=O)CS(=O)(=O)Cc1cc(N2CCOCC2)nc(-c2ccc3[nH]ccc3c2)n1. The minimum atomic E-state index is -3.70. The van der Waals surface area contributed by atoms with Gasteiger partial charge in [-0.15, -0.1) is 0 Å². The number of hydrogen-bond donors (Lipinski definition) is 2. The van der Waals surface area contributed by atoms with Crippen molar-refractivity contribution >= 4 is 32.5 Å². The number of carbonyl (C=O) groups is 1. The van der Waals surface area contributed by atoms with Gasteiger partial charge < -0.3 is 19.9 Å². The Bertz CT molecular complexity index is 1220. The molecule has 0 saturated carbocycles. The van der Waals surface area contributed by atoms with E-state index in [9.17, 15) is 13.2 Å². The van der Waals surface area contributed by atoms with Crippen LogP contribution in [0, 0.1) is 0 Å². The minimum absolute atomic E-state index is 0.125. The number of carbonyl (C=O) groups excluding carboxylic acids is 1. The van der Waals surface area contributed by atoms with Crippen LogP contribution in [-0.2, 0) is 25.1 Å². The van der Waals surface area contributed by atoms with Gasteiger partial charge in [-0.1, -0.05) is 0 Å². The monoisotopic (exact) mass is 457 g/mol. The molecular formula is C22H27N5O4S. The molecule has 3 heterocycles. The summed E-state index contributed by atoms with van der Waals surface area (Å²) in [5, 5.41) is 3.64. The second kappa shape index (κ2) is 9.25. The highest BCUT2D eigenvalue weighted by Gasteiger charge is 2.22. The molecule has 0 bridgehead atoms. The fraction of sp³-hybridized carbons (Fsp3) is 0.409. The molecule has 3 aromatic rings. The first-order valence-electron chi connectivity index (χ1n) is 10.6. The fourth-order valence-electron chi connectivity index (χ4n) is 3.67. The van der Waals surface area contributed by atoms with Gasteiger partial charge in [0.25, 0.3) is 0 Å². The van der Waals surface area contributed by atoms with Gasteiger partial charge in [0.15, 0.2) is 15.7 Å². The first kappa shape index (κ1) is 22.2. The molecule has 1 aliphatic heterocycles. The van der Waals surface area contributed by atoms with Crippen LogP contribution in [0.25, 0.3) is 22.3 Å². The summed E-state index contributed by atoms with van der Waals surface area (Å²) < 4.78 is 30.8. The van der Waals surface area contributed by atoms with Crippen LogP contribution >= 0.6 is 0 Å². The quantitative estimate of drug-likeness (QED) is 0.556. The topological polar surface area (TPSA) is 117 Å². The van der Waals surface area contributed by atoms with Crippen molar-refractivity contribution in [2.45, 2.75) is 25.6 Å². The zero-order valence-corrected chi connectivity index (χ0v) is 19.0. The molecular weight excluding hydrogens is 430 g/mol. The fourth-order valence-corrected chi connectivity index (χ4v) is 4.86. The maximum atomic E-state index is 12.7. The molecule has 1 amide bonds. The second-order valence-corrected chi connectivity index (χ2v) is 10.2. The standard InChI is InChI=1S/C22H27N5O4S/c1-15(2)24-21(28)14-32(29,30)13-18-12-20(27-7-9-31-10-8-27)26-22(25-18)17-3-4-19-16(11-17)5-6-23-19/h3-6,11-12,15,23H,7-10,13-14H2,1-2H3,(H,24,28). The highest BCUT2D eigenvalue weighted by atomic mass is 32.2. The Kier molecular flexibility index (Phi) is 6.43. The first-order valence-corrected chi connectivity index (χ1v) is 12.4. The number of aromatic nitrogens is 3. The minimum Gasteiger partial charge on any atom is -0.378 e. The summed E-state index contributed by atoms with van der Waals surface area (Å²) >= 11 is 0. The van der Waals surface area contributed by atoms with Crippen LogP contribution in [-0.4, -0.2) is 67.4 Å². The van der Waals surface area contributed by atoms with Crippen LogP contribution in [0.1, 0.15) is 19.5 Å². The average Bonchev–Trinajstić information content (AvgIpc) is 3.20. The van der Waals surface area contributed by atoms with Crippen LogP contribution in [0.3, 0.4) is 0 Å². The third kappa shape index (κ3) is 5.43. The Hall–Kier alpha value is -2.98. The molecule has 2 aromatic heterocycles. The summed E-state index contributed by atoms with van der Waals surface area (Å²) in [6, 6.07) is 9.36. The number of benzene rings is 1. The highest BCUT2D eigenvalue weighted by molar-refractivity contribution is 7.91. The summed E-state index contributed by atoms with van der Waals surface area (Å²) in [5.41, 5.74) is 2.16. The third-order valence-corrected chi connectivity index (χ3v) is 6.52. The van der Waals surface area contributed by atoms with Gasteiger partial charge in [-0.3, -0.25) is 4.79 Å². The number of rotatable bonds is 7. The number of H-pyrrole nitrogens is 1. The van der Waals surface area contributed by atoms with Gasteiger partial charge in [0, 0.05) is 47.9 Å². The Morgan fingerprint density at radius 3 is 2.72 bits per heavy atom. The molecule has 170 valence electrons. The zero-order valence-electron chi connectivity index (χ0n) is 18.2. The lowest BCUT2D eigenvalue weighted by Gasteiger charge is -2.28. The number of anilines is 1. The van der Waals surface area contributed by atoms with E-state index in [2.05, 4.69) is 20.2 Å². The predicted molar refractivity (Wildman–Crippen MR) is 123 cm³/mol. The van der Waals surface area contributed by atoms with Crippen molar-refractivity contribution in [1.29, 1.82) is 0 Å². The first-order chi connectivity index (χ1) is 15.3. The van der Waals surface area contributed by atoms with Crippen molar-refractivity contribution in [2.24, 2.45) is 0 Å². The van der Waals surface area contributed by atoms with Gasteiger partial charge in [0.2, 0.25) is 5.91 Å². The Morgan fingerprint density at radius 1 is 1.19 bits per heavy atom. The van der Waals surface area contributed by atoms with Crippen LogP contribution in [0.15, 0.2) is 36.5 Å². The maximum absolute atomic E-state index is 12.7. The van der Waals surface area contributed by atoms with Crippen molar-refractivity contribution in [3.63, 3.8) is 0 Å². The van der Waals surface area contributed by atoms with Gasteiger partial charge in [-0.05, 0) is 38.1 Å². The summed E-state index contributed by atoms with van der Waals surface area (Å²) in [5.74, 6) is -0.316.